The number of piperidine rings is 1. The standard InChI is InChI=1S/C24H30N2O3/c1-24(2,3)19-11-13-20(14-12-19)29-16-17-7-9-18(10-8-17)23(28)26-15-5-4-6-21(26)22(25)27/h7-14,21H,4-6,15-16H2,1-3H3,(H2,25,27). The molecule has 2 aromatic carbocycles. The Labute approximate surface area is 172 Å². The SMILES string of the molecule is CC(C)(C)c1ccc(OCc2ccc(C(=O)N3CCCCC3C(N)=O)cc2)cc1. The Morgan fingerprint density at radius 2 is 1.69 bits per heavy atom. The van der Waals surface area contributed by atoms with Crippen molar-refractivity contribution in [1.82, 2.24) is 4.90 Å². The van der Waals surface area contributed by atoms with Crippen molar-refractivity contribution in [3.63, 3.8) is 0 Å². The Balaban J connectivity index is 1.61. The number of hydrogen-bond donors (Lipinski definition) is 1. The van der Waals surface area contributed by atoms with Crippen LogP contribution in [0, 0.1) is 0 Å². The first-order valence-electron chi connectivity index (χ1n) is 10.2. The highest BCUT2D eigenvalue weighted by atomic mass is 16.5. The minimum absolute atomic E-state index is 0.114. The summed E-state index contributed by atoms with van der Waals surface area (Å²) >= 11 is 0. The molecule has 1 saturated heterocycles. The molecule has 2 aromatic rings. The van der Waals surface area contributed by atoms with E-state index in [1.54, 1.807) is 17.0 Å². The van der Waals surface area contributed by atoms with Crippen molar-refractivity contribution in [3.05, 3.63) is 65.2 Å². The number of benzene rings is 2. The van der Waals surface area contributed by atoms with E-state index in [4.69, 9.17) is 10.5 Å². The maximum absolute atomic E-state index is 12.8. The van der Waals surface area contributed by atoms with E-state index < -0.39 is 11.9 Å². The summed E-state index contributed by atoms with van der Waals surface area (Å²) in [6.07, 6.45) is 2.46. The minimum atomic E-state index is -0.504. The molecule has 0 spiro atoms. The monoisotopic (exact) mass is 394 g/mol. The first-order chi connectivity index (χ1) is 13.8. The number of nitrogens with zero attached hydrogens (tertiary/aromatic N) is 1. The highest BCUT2D eigenvalue weighted by Crippen LogP contribution is 2.25. The highest BCUT2D eigenvalue weighted by molar-refractivity contribution is 5.97. The summed E-state index contributed by atoms with van der Waals surface area (Å²) in [6, 6.07) is 15.0. The van der Waals surface area contributed by atoms with Crippen LogP contribution in [0.2, 0.25) is 0 Å². The van der Waals surface area contributed by atoms with Gasteiger partial charge in [0, 0.05) is 12.1 Å². The maximum Gasteiger partial charge on any atom is 0.254 e. The Kier molecular flexibility index (Phi) is 6.26. The molecule has 0 radical (unpaired) electrons. The first-order valence-corrected chi connectivity index (χ1v) is 10.2. The van der Waals surface area contributed by atoms with Gasteiger partial charge in [-0.2, -0.15) is 0 Å². The maximum atomic E-state index is 12.8. The van der Waals surface area contributed by atoms with Crippen LogP contribution in [0.3, 0.4) is 0 Å². The van der Waals surface area contributed by atoms with Crippen LogP contribution < -0.4 is 10.5 Å². The molecule has 0 bridgehead atoms. The molecule has 0 saturated carbocycles. The molecule has 1 heterocycles. The fraction of sp³-hybridized carbons (Fsp3) is 0.417. The quantitative estimate of drug-likeness (QED) is 0.832. The van der Waals surface area contributed by atoms with E-state index in [2.05, 4.69) is 32.9 Å². The van der Waals surface area contributed by atoms with E-state index in [0.717, 1.165) is 24.2 Å². The van der Waals surface area contributed by atoms with E-state index in [1.807, 2.05) is 24.3 Å². The number of ether oxygens (including phenoxy) is 1. The van der Waals surface area contributed by atoms with Crippen LogP contribution in [0.1, 0.15) is 61.5 Å². The Morgan fingerprint density at radius 1 is 1.03 bits per heavy atom. The van der Waals surface area contributed by atoms with Gasteiger partial charge in [-0.15, -0.1) is 0 Å². The second kappa shape index (κ2) is 8.68. The number of hydrogen-bond acceptors (Lipinski definition) is 3. The van der Waals surface area contributed by atoms with Gasteiger partial charge in [0.05, 0.1) is 0 Å². The van der Waals surface area contributed by atoms with Crippen LogP contribution in [-0.4, -0.2) is 29.3 Å². The number of rotatable bonds is 5. The summed E-state index contributed by atoms with van der Waals surface area (Å²) in [5.41, 5.74) is 8.40. The van der Waals surface area contributed by atoms with Gasteiger partial charge in [0.2, 0.25) is 5.91 Å². The van der Waals surface area contributed by atoms with Crippen molar-refractivity contribution < 1.29 is 14.3 Å². The zero-order chi connectivity index (χ0) is 21.0. The number of amides is 2. The third kappa shape index (κ3) is 5.17. The zero-order valence-electron chi connectivity index (χ0n) is 17.5. The Morgan fingerprint density at radius 3 is 2.28 bits per heavy atom. The molecule has 1 unspecified atom stereocenters. The molecule has 2 amide bonds. The molecule has 1 atom stereocenters. The van der Waals surface area contributed by atoms with Crippen molar-refractivity contribution in [1.29, 1.82) is 0 Å². The first kappa shape index (κ1) is 20.9. The molecule has 0 aromatic heterocycles. The van der Waals surface area contributed by atoms with Gasteiger partial charge in [0.1, 0.15) is 18.4 Å². The molecule has 29 heavy (non-hydrogen) atoms. The fourth-order valence-electron chi connectivity index (χ4n) is 3.60. The lowest BCUT2D eigenvalue weighted by Crippen LogP contribution is -2.50. The molecule has 1 aliphatic heterocycles. The zero-order valence-corrected chi connectivity index (χ0v) is 17.5. The lowest BCUT2D eigenvalue weighted by atomic mass is 9.87. The molecule has 2 N–H and O–H groups in total. The Hall–Kier alpha value is -2.82. The number of carbonyl (C=O) groups excluding carboxylic acids is 2. The van der Waals surface area contributed by atoms with Crippen molar-refractivity contribution in [2.24, 2.45) is 5.73 Å². The minimum Gasteiger partial charge on any atom is -0.489 e. The van der Waals surface area contributed by atoms with Gasteiger partial charge in [0.15, 0.2) is 0 Å². The van der Waals surface area contributed by atoms with Gasteiger partial charge in [-0.3, -0.25) is 9.59 Å². The molecule has 3 rings (SSSR count). The predicted molar refractivity (Wildman–Crippen MR) is 114 cm³/mol. The van der Waals surface area contributed by atoms with E-state index in [1.165, 1.54) is 5.56 Å². The summed E-state index contributed by atoms with van der Waals surface area (Å²) in [5, 5.41) is 0. The van der Waals surface area contributed by atoms with Gasteiger partial charge in [-0.05, 0) is 60.1 Å². The second-order valence-corrected chi connectivity index (χ2v) is 8.67. The fourth-order valence-corrected chi connectivity index (χ4v) is 3.60. The topological polar surface area (TPSA) is 72.6 Å². The van der Waals surface area contributed by atoms with Crippen molar-refractivity contribution >= 4 is 11.8 Å². The predicted octanol–water partition coefficient (Wildman–Crippen LogP) is 4.04. The lowest BCUT2D eigenvalue weighted by molar-refractivity contribution is -0.123. The summed E-state index contributed by atoms with van der Waals surface area (Å²) in [4.78, 5) is 26.1. The van der Waals surface area contributed by atoms with Crippen molar-refractivity contribution in [2.75, 3.05) is 6.54 Å². The molecule has 0 aliphatic carbocycles. The van der Waals surface area contributed by atoms with Crippen LogP contribution in [0.15, 0.2) is 48.5 Å². The van der Waals surface area contributed by atoms with Crippen LogP contribution in [0.5, 0.6) is 5.75 Å². The molecular weight excluding hydrogens is 364 g/mol. The molecule has 5 heteroatoms. The van der Waals surface area contributed by atoms with Crippen molar-refractivity contribution in [2.45, 2.75) is 58.1 Å². The summed E-state index contributed by atoms with van der Waals surface area (Å²) in [7, 11) is 0. The Bertz CT molecular complexity index is 851. The van der Waals surface area contributed by atoms with Gasteiger partial charge in [-0.25, -0.2) is 0 Å². The van der Waals surface area contributed by atoms with Gasteiger partial charge in [0.25, 0.3) is 5.91 Å². The number of carbonyl (C=O) groups is 2. The highest BCUT2D eigenvalue weighted by Gasteiger charge is 2.31. The average Bonchev–Trinajstić information content (AvgIpc) is 2.71. The third-order valence-electron chi connectivity index (χ3n) is 5.42. The lowest BCUT2D eigenvalue weighted by Gasteiger charge is -2.33. The van der Waals surface area contributed by atoms with E-state index >= 15 is 0 Å². The molecule has 1 fully saturated rings. The van der Waals surface area contributed by atoms with Gasteiger partial charge in [-0.1, -0.05) is 45.0 Å². The van der Waals surface area contributed by atoms with Crippen LogP contribution in [0.25, 0.3) is 0 Å². The summed E-state index contributed by atoms with van der Waals surface area (Å²) in [5.74, 6) is 0.245. The van der Waals surface area contributed by atoms with Crippen LogP contribution in [0.4, 0.5) is 0 Å². The normalized spacial score (nSPS) is 17.1. The smallest absolute Gasteiger partial charge is 0.254 e. The molecular formula is C24H30N2O3. The number of likely N-dealkylation sites (tertiary alicyclic amines) is 1. The largest absolute Gasteiger partial charge is 0.489 e. The third-order valence-corrected chi connectivity index (χ3v) is 5.42. The summed E-state index contributed by atoms with van der Waals surface area (Å²) < 4.78 is 5.87. The summed E-state index contributed by atoms with van der Waals surface area (Å²) in [6.45, 7) is 7.54. The number of nitrogens with two attached hydrogens (primary N) is 1. The van der Waals surface area contributed by atoms with Crippen molar-refractivity contribution in [3.8, 4) is 5.75 Å². The van der Waals surface area contributed by atoms with Crippen LogP contribution >= 0.6 is 0 Å². The molecule has 1 aliphatic rings. The molecule has 5 nitrogen and oxygen atoms in total. The number of primary amides is 1. The van der Waals surface area contributed by atoms with E-state index in [9.17, 15) is 9.59 Å². The second-order valence-electron chi connectivity index (χ2n) is 8.67. The molecule has 154 valence electrons. The van der Waals surface area contributed by atoms with E-state index in [0.29, 0.717) is 25.1 Å². The van der Waals surface area contributed by atoms with Gasteiger partial charge >= 0.3 is 0 Å². The van der Waals surface area contributed by atoms with Crippen LogP contribution in [-0.2, 0) is 16.8 Å². The van der Waals surface area contributed by atoms with Gasteiger partial charge < -0.3 is 15.4 Å². The van der Waals surface area contributed by atoms with E-state index in [-0.39, 0.29) is 11.3 Å². The average molecular weight is 395 g/mol.